The Morgan fingerprint density at radius 3 is 2.50 bits per heavy atom. The predicted molar refractivity (Wildman–Crippen MR) is 75.4 cm³/mol. The Bertz CT molecular complexity index is 553. The fourth-order valence-corrected chi connectivity index (χ4v) is 1.93. The highest BCUT2D eigenvalue weighted by Gasteiger charge is 1.99. The minimum absolute atomic E-state index is 0.747. The van der Waals surface area contributed by atoms with Crippen molar-refractivity contribution in [2.75, 3.05) is 0 Å². The van der Waals surface area contributed by atoms with Gasteiger partial charge in [-0.2, -0.15) is 0 Å². The summed E-state index contributed by atoms with van der Waals surface area (Å²) in [5.74, 6) is 0. The van der Waals surface area contributed by atoms with Gasteiger partial charge in [0.15, 0.2) is 0 Å². The molecule has 1 heteroatoms. The maximum atomic E-state index is 11.1. The molecule has 2 aromatic carbocycles. The van der Waals surface area contributed by atoms with Gasteiger partial charge in [-0.1, -0.05) is 66.2 Å². The Labute approximate surface area is 108 Å². The first-order valence-electron chi connectivity index (χ1n) is 6.06. The molecule has 0 aliphatic carbocycles. The molecule has 0 radical (unpaired) electrons. The molecule has 0 aliphatic heterocycles. The number of carbonyl (C=O) groups excluding carboxylic acids is 1. The highest BCUT2D eigenvalue weighted by atomic mass is 16.1. The van der Waals surface area contributed by atoms with E-state index in [9.17, 15) is 4.79 Å². The lowest BCUT2D eigenvalue weighted by molar-refractivity contribution is -0.103. The van der Waals surface area contributed by atoms with Crippen molar-refractivity contribution in [3.05, 3.63) is 77.4 Å². The number of benzene rings is 2. The van der Waals surface area contributed by atoms with Crippen molar-refractivity contribution < 1.29 is 4.79 Å². The molecule has 2 aromatic rings. The number of aldehydes is 1. The zero-order valence-electron chi connectivity index (χ0n) is 10.5. The van der Waals surface area contributed by atoms with Gasteiger partial charge in [0.05, 0.1) is 0 Å². The van der Waals surface area contributed by atoms with Gasteiger partial charge in [0.25, 0.3) is 0 Å². The molecule has 0 unspecified atom stereocenters. The number of aryl methyl sites for hydroxylation is 1. The van der Waals surface area contributed by atoms with Crippen molar-refractivity contribution in [2.24, 2.45) is 0 Å². The van der Waals surface area contributed by atoms with Crippen molar-refractivity contribution in [2.45, 2.75) is 13.3 Å². The fraction of sp³-hybridized carbons (Fsp3) is 0.118. The lowest BCUT2D eigenvalue weighted by Crippen LogP contribution is -1.88. The Balaban J connectivity index is 2.19. The third kappa shape index (κ3) is 3.17. The maximum absolute atomic E-state index is 11.1. The molecule has 0 fully saturated rings. The Morgan fingerprint density at radius 1 is 1.06 bits per heavy atom. The molecule has 0 bridgehead atoms. The van der Waals surface area contributed by atoms with Gasteiger partial charge in [0.2, 0.25) is 0 Å². The van der Waals surface area contributed by atoms with Crippen LogP contribution in [-0.4, -0.2) is 6.29 Å². The standard InChI is InChI=1S/C17H16O/c1-14-6-5-7-15(12-14)10-11-17(13-18)16-8-3-2-4-9-16/h2-9,11-13H,10H2,1H3/b17-11-. The second kappa shape index (κ2) is 5.97. The van der Waals surface area contributed by atoms with Crippen LogP contribution in [-0.2, 0) is 11.2 Å². The second-order valence-corrected chi connectivity index (χ2v) is 4.34. The first-order chi connectivity index (χ1) is 8.79. The highest BCUT2D eigenvalue weighted by Crippen LogP contribution is 2.13. The Hall–Kier alpha value is -2.15. The van der Waals surface area contributed by atoms with Gasteiger partial charge in [-0.3, -0.25) is 4.79 Å². The summed E-state index contributed by atoms with van der Waals surface area (Å²) in [6.07, 6.45) is 3.69. The summed E-state index contributed by atoms with van der Waals surface area (Å²) in [6.45, 7) is 2.07. The quantitative estimate of drug-likeness (QED) is 0.582. The van der Waals surface area contributed by atoms with E-state index in [4.69, 9.17) is 0 Å². The van der Waals surface area contributed by atoms with Gasteiger partial charge >= 0.3 is 0 Å². The van der Waals surface area contributed by atoms with Crippen LogP contribution >= 0.6 is 0 Å². The lowest BCUT2D eigenvalue weighted by atomic mass is 10.0. The van der Waals surface area contributed by atoms with Crippen LogP contribution < -0.4 is 0 Å². The largest absolute Gasteiger partial charge is 0.298 e. The number of hydrogen-bond acceptors (Lipinski definition) is 1. The van der Waals surface area contributed by atoms with Gasteiger partial charge in [-0.25, -0.2) is 0 Å². The summed E-state index contributed by atoms with van der Waals surface area (Å²) in [5, 5.41) is 0. The van der Waals surface area contributed by atoms with E-state index in [1.54, 1.807) is 0 Å². The summed E-state index contributed by atoms with van der Waals surface area (Å²) in [7, 11) is 0. The molecule has 90 valence electrons. The number of allylic oxidation sites excluding steroid dienone is 2. The lowest BCUT2D eigenvalue weighted by Gasteiger charge is -2.02. The summed E-state index contributed by atoms with van der Waals surface area (Å²) >= 11 is 0. The van der Waals surface area contributed by atoms with Crippen LogP contribution in [0.15, 0.2) is 60.7 Å². The van der Waals surface area contributed by atoms with E-state index in [-0.39, 0.29) is 0 Å². The average molecular weight is 236 g/mol. The van der Waals surface area contributed by atoms with Crippen molar-refractivity contribution in [1.82, 2.24) is 0 Å². The molecule has 0 aromatic heterocycles. The number of hydrogen-bond donors (Lipinski definition) is 0. The third-order valence-corrected chi connectivity index (χ3v) is 2.87. The summed E-state index contributed by atoms with van der Waals surface area (Å²) in [4.78, 5) is 11.1. The summed E-state index contributed by atoms with van der Waals surface area (Å²) in [6, 6.07) is 18.1. The minimum atomic E-state index is 0.747. The molecule has 0 saturated heterocycles. The van der Waals surface area contributed by atoms with E-state index in [0.717, 1.165) is 23.8 Å². The van der Waals surface area contributed by atoms with Crippen LogP contribution in [0.1, 0.15) is 16.7 Å². The van der Waals surface area contributed by atoms with Crippen molar-refractivity contribution in [3.63, 3.8) is 0 Å². The maximum Gasteiger partial charge on any atom is 0.150 e. The third-order valence-electron chi connectivity index (χ3n) is 2.87. The van der Waals surface area contributed by atoms with Crippen LogP contribution in [0.4, 0.5) is 0 Å². The SMILES string of the molecule is Cc1cccc(C/C=C(/C=O)c2ccccc2)c1. The Morgan fingerprint density at radius 2 is 1.83 bits per heavy atom. The molecule has 1 nitrogen and oxygen atoms in total. The van der Waals surface area contributed by atoms with E-state index < -0.39 is 0 Å². The minimum Gasteiger partial charge on any atom is -0.298 e. The monoisotopic (exact) mass is 236 g/mol. The van der Waals surface area contributed by atoms with Crippen LogP contribution in [0, 0.1) is 6.92 Å². The van der Waals surface area contributed by atoms with E-state index in [0.29, 0.717) is 0 Å². The van der Waals surface area contributed by atoms with Crippen LogP contribution in [0.3, 0.4) is 0 Å². The summed E-state index contributed by atoms with van der Waals surface area (Å²) in [5.41, 5.74) is 4.19. The smallest absolute Gasteiger partial charge is 0.150 e. The molecule has 0 saturated carbocycles. The predicted octanol–water partition coefficient (Wildman–Crippen LogP) is 3.82. The molecular weight excluding hydrogens is 220 g/mol. The number of rotatable bonds is 4. The van der Waals surface area contributed by atoms with Crippen molar-refractivity contribution in [1.29, 1.82) is 0 Å². The van der Waals surface area contributed by atoms with Gasteiger partial charge in [0, 0.05) is 5.57 Å². The van der Waals surface area contributed by atoms with E-state index in [1.165, 1.54) is 11.1 Å². The van der Waals surface area contributed by atoms with Gasteiger partial charge in [-0.15, -0.1) is 0 Å². The molecule has 0 heterocycles. The first kappa shape index (κ1) is 12.3. The van der Waals surface area contributed by atoms with Crippen molar-refractivity contribution in [3.8, 4) is 0 Å². The number of carbonyl (C=O) groups is 1. The fourth-order valence-electron chi connectivity index (χ4n) is 1.93. The zero-order chi connectivity index (χ0) is 12.8. The molecule has 0 atom stereocenters. The second-order valence-electron chi connectivity index (χ2n) is 4.34. The molecule has 18 heavy (non-hydrogen) atoms. The van der Waals surface area contributed by atoms with Crippen LogP contribution in [0.2, 0.25) is 0 Å². The van der Waals surface area contributed by atoms with Gasteiger partial charge in [0.1, 0.15) is 6.29 Å². The molecule has 0 aliphatic rings. The van der Waals surface area contributed by atoms with E-state index in [1.807, 2.05) is 42.5 Å². The molecule has 0 amide bonds. The normalized spacial score (nSPS) is 11.3. The highest BCUT2D eigenvalue weighted by molar-refractivity contribution is 6.06. The zero-order valence-corrected chi connectivity index (χ0v) is 10.5. The van der Waals surface area contributed by atoms with E-state index in [2.05, 4.69) is 25.1 Å². The van der Waals surface area contributed by atoms with Gasteiger partial charge < -0.3 is 0 Å². The van der Waals surface area contributed by atoms with Crippen LogP contribution in [0.25, 0.3) is 5.57 Å². The average Bonchev–Trinajstić information content (AvgIpc) is 2.41. The van der Waals surface area contributed by atoms with E-state index >= 15 is 0 Å². The molecule has 2 rings (SSSR count). The summed E-state index contributed by atoms with van der Waals surface area (Å²) < 4.78 is 0. The Kier molecular flexibility index (Phi) is 4.08. The molecule has 0 spiro atoms. The van der Waals surface area contributed by atoms with Crippen LogP contribution in [0.5, 0.6) is 0 Å². The first-order valence-corrected chi connectivity index (χ1v) is 6.06. The topological polar surface area (TPSA) is 17.1 Å². The molecular formula is C17H16O. The van der Waals surface area contributed by atoms with Gasteiger partial charge in [-0.05, 0) is 24.5 Å². The molecule has 0 N–H and O–H groups in total. The van der Waals surface area contributed by atoms with Crippen molar-refractivity contribution >= 4 is 11.9 Å².